The summed E-state index contributed by atoms with van der Waals surface area (Å²) in [6, 6.07) is 6.37. The lowest BCUT2D eigenvalue weighted by Crippen LogP contribution is -2.05. The van der Waals surface area contributed by atoms with Gasteiger partial charge < -0.3 is 10.3 Å². The standard InChI is InChI=1S/C11H11N3/c1-7-2-3-8-9(6-7)14-11-10(8)12-4-5-13-11/h2-4,6,13-14H,5H2,1H3. The summed E-state index contributed by atoms with van der Waals surface area (Å²) >= 11 is 0. The predicted octanol–water partition coefficient (Wildman–Crippen LogP) is 2.60. The second-order valence-electron chi connectivity index (χ2n) is 3.59. The fourth-order valence-electron chi connectivity index (χ4n) is 1.84. The maximum absolute atomic E-state index is 4.39. The Morgan fingerprint density at radius 3 is 3.21 bits per heavy atom. The molecule has 1 aromatic heterocycles. The van der Waals surface area contributed by atoms with E-state index in [4.69, 9.17) is 0 Å². The van der Waals surface area contributed by atoms with Crippen LogP contribution < -0.4 is 5.32 Å². The van der Waals surface area contributed by atoms with E-state index in [9.17, 15) is 0 Å². The predicted molar refractivity (Wildman–Crippen MR) is 59.7 cm³/mol. The van der Waals surface area contributed by atoms with Crippen LogP contribution in [0.25, 0.3) is 10.9 Å². The van der Waals surface area contributed by atoms with Crippen molar-refractivity contribution >= 4 is 28.6 Å². The SMILES string of the molecule is Cc1ccc2c3c([nH]c2c1)NCC=N3. The third-order valence-electron chi connectivity index (χ3n) is 2.52. The number of rotatable bonds is 0. The number of nitrogens with one attached hydrogen (secondary N) is 2. The highest BCUT2D eigenvalue weighted by atomic mass is 15.1. The van der Waals surface area contributed by atoms with Gasteiger partial charge in [0.05, 0.1) is 6.54 Å². The summed E-state index contributed by atoms with van der Waals surface area (Å²) < 4.78 is 0. The Hall–Kier alpha value is -1.77. The van der Waals surface area contributed by atoms with Crippen LogP contribution in [0.5, 0.6) is 0 Å². The molecule has 3 nitrogen and oxygen atoms in total. The average molecular weight is 185 g/mol. The zero-order valence-electron chi connectivity index (χ0n) is 7.96. The topological polar surface area (TPSA) is 40.2 Å². The van der Waals surface area contributed by atoms with E-state index >= 15 is 0 Å². The Bertz CT molecular complexity index is 523. The molecule has 0 amide bonds. The molecule has 3 rings (SSSR count). The Kier molecular flexibility index (Phi) is 1.42. The molecule has 3 heteroatoms. The third-order valence-corrected chi connectivity index (χ3v) is 2.52. The summed E-state index contributed by atoms with van der Waals surface area (Å²) in [6.07, 6.45) is 1.90. The summed E-state index contributed by atoms with van der Waals surface area (Å²) in [6.45, 7) is 2.90. The molecule has 0 bridgehead atoms. The van der Waals surface area contributed by atoms with Crippen LogP contribution in [0.2, 0.25) is 0 Å². The number of aromatic amines is 1. The number of fused-ring (bicyclic) bond motifs is 3. The number of aliphatic imine (C=N–C) groups is 1. The number of hydrogen-bond donors (Lipinski definition) is 2. The van der Waals surface area contributed by atoms with Gasteiger partial charge in [-0.25, -0.2) is 0 Å². The van der Waals surface area contributed by atoms with E-state index < -0.39 is 0 Å². The van der Waals surface area contributed by atoms with Crippen LogP contribution in [0, 0.1) is 6.92 Å². The molecular weight excluding hydrogens is 174 g/mol. The van der Waals surface area contributed by atoms with Crippen LogP contribution >= 0.6 is 0 Å². The van der Waals surface area contributed by atoms with Crippen molar-refractivity contribution < 1.29 is 0 Å². The minimum Gasteiger partial charge on any atom is -0.365 e. The monoisotopic (exact) mass is 185 g/mol. The number of hydrogen-bond acceptors (Lipinski definition) is 2. The van der Waals surface area contributed by atoms with Crippen LogP contribution in [-0.4, -0.2) is 17.7 Å². The third kappa shape index (κ3) is 0.954. The number of benzene rings is 1. The first kappa shape index (κ1) is 7.62. The normalized spacial score (nSPS) is 14.1. The largest absolute Gasteiger partial charge is 0.365 e. The highest BCUT2D eigenvalue weighted by Crippen LogP contribution is 2.35. The molecule has 2 heterocycles. The maximum atomic E-state index is 4.39. The van der Waals surface area contributed by atoms with Gasteiger partial charge in [-0.3, -0.25) is 4.99 Å². The van der Waals surface area contributed by atoms with Crippen LogP contribution in [0.15, 0.2) is 23.2 Å². The molecule has 0 radical (unpaired) electrons. The van der Waals surface area contributed by atoms with Gasteiger partial charge in [-0.2, -0.15) is 0 Å². The van der Waals surface area contributed by atoms with Gasteiger partial charge in [-0.15, -0.1) is 0 Å². The van der Waals surface area contributed by atoms with Crippen molar-refractivity contribution in [1.29, 1.82) is 0 Å². The van der Waals surface area contributed by atoms with Crippen molar-refractivity contribution in [3.63, 3.8) is 0 Å². The van der Waals surface area contributed by atoms with Gasteiger partial charge in [-0.1, -0.05) is 12.1 Å². The number of aryl methyl sites for hydroxylation is 1. The molecule has 1 aliphatic heterocycles. The molecule has 0 spiro atoms. The lowest BCUT2D eigenvalue weighted by Gasteiger charge is -2.05. The summed E-state index contributed by atoms with van der Waals surface area (Å²) in [5, 5.41) is 4.46. The van der Waals surface area contributed by atoms with Crippen molar-refractivity contribution in [3.05, 3.63) is 23.8 Å². The quantitative estimate of drug-likeness (QED) is 0.650. The molecule has 1 aromatic carbocycles. The van der Waals surface area contributed by atoms with E-state index in [0.29, 0.717) is 0 Å². The lowest BCUT2D eigenvalue weighted by molar-refractivity contribution is 1.29. The van der Waals surface area contributed by atoms with Gasteiger partial charge in [0.1, 0.15) is 11.5 Å². The minimum absolute atomic E-state index is 0.804. The zero-order chi connectivity index (χ0) is 9.54. The van der Waals surface area contributed by atoms with Gasteiger partial charge in [0.2, 0.25) is 0 Å². The molecule has 0 aliphatic carbocycles. The smallest absolute Gasteiger partial charge is 0.131 e. The number of nitrogens with zero attached hydrogens (tertiary/aromatic N) is 1. The first-order valence-corrected chi connectivity index (χ1v) is 4.73. The average Bonchev–Trinajstić information content (AvgIpc) is 2.54. The van der Waals surface area contributed by atoms with E-state index in [1.807, 2.05) is 6.21 Å². The first-order chi connectivity index (χ1) is 6.84. The maximum Gasteiger partial charge on any atom is 0.131 e. The molecule has 2 aromatic rings. The zero-order valence-corrected chi connectivity index (χ0v) is 7.96. The molecule has 70 valence electrons. The number of H-pyrrole nitrogens is 1. The Morgan fingerprint density at radius 2 is 2.29 bits per heavy atom. The number of aromatic nitrogens is 1. The van der Waals surface area contributed by atoms with Crippen LogP contribution in [0.3, 0.4) is 0 Å². The highest BCUT2D eigenvalue weighted by Gasteiger charge is 2.11. The molecule has 0 atom stereocenters. The van der Waals surface area contributed by atoms with Crippen LogP contribution in [0.4, 0.5) is 11.5 Å². The Labute approximate surface area is 81.9 Å². The van der Waals surface area contributed by atoms with Crippen molar-refractivity contribution in [1.82, 2.24) is 4.98 Å². The van der Waals surface area contributed by atoms with Crippen LogP contribution in [-0.2, 0) is 0 Å². The van der Waals surface area contributed by atoms with Crippen molar-refractivity contribution in [3.8, 4) is 0 Å². The first-order valence-electron chi connectivity index (χ1n) is 4.73. The highest BCUT2D eigenvalue weighted by molar-refractivity contribution is 6.01. The Balaban J connectivity index is 2.38. The van der Waals surface area contributed by atoms with Crippen molar-refractivity contribution in [2.45, 2.75) is 6.92 Å². The van der Waals surface area contributed by atoms with Gasteiger partial charge in [0.25, 0.3) is 0 Å². The van der Waals surface area contributed by atoms with Gasteiger partial charge in [0.15, 0.2) is 0 Å². The molecule has 1 aliphatic rings. The van der Waals surface area contributed by atoms with Crippen LogP contribution in [0.1, 0.15) is 5.56 Å². The molecule has 0 saturated carbocycles. The molecule has 0 saturated heterocycles. The molecular formula is C11H11N3. The summed E-state index contributed by atoms with van der Waals surface area (Å²) in [7, 11) is 0. The van der Waals surface area contributed by atoms with E-state index in [0.717, 1.165) is 23.6 Å². The second-order valence-corrected chi connectivity index (χ2v) is 3.59. The van der Waals surface area contributed by atoms with E-state index in [-0.39, 0.29) is 0 Å². The Morgan fingerprint density at radius 1 is 1.36 bits per heavy atom. The summed E-state index contributed by atoms with van der Waals surface area (Å²) in [5.74, 6) is 1.04. The lowest BCUT2D eigenvalue weighted by atomic mass is 10.2. The fourth-order valence-corrected chi connectivity index (χ4v) is 1.84. The number of anilines is 1. The van der Waals surface area contributed by atoms with Crippen molar-refractivity contribution in [2.75, 3.05) is 11.9 Å². The van der Waals surface area contributed by atoms with E-state index in [1.165, 1.54) is 10.9 Å². The summed E-state index contributed by atoms with van der Waals surface area (Å²) in [4.78, 5) is 7.72. The van der Waals surface area contributed by atoms with Gasteiger partial charge in [0, 0.05) is 17.1 Å². The summed E-state index contributed by atoms with van der Waals surface area (Å²) in [5.41, 5.74) is 3.45. The fraction of sp³-hybridized carbons (Fsp3) is 0.182. The van der Waals surface area contributed by atoms with Crippen molar-refractivity contribution in [2.24, 2.45) is 4.99 Å². The molecule has 14 heavy (non-hydrogen) atoms. The second kappa shape index (κ2) is 2.61. The molecule has 2 N–H and O–H groups in total. The van der Waals surface area contributed by atoms with E-state index in [2.05, 4.69) is 40.4 Å². The van der Waals surface area contributed by atoms with Gasteiger partial charge in [-0.05, 0) is 18.6 Å². The van der Waals surface area contributed by atoms with E-state index in [1.54, 1.807) is 0 Å². The molecule has 0 unspecified atom stereocenters. The minimum atomic E-state index is 0.804. The van der Waals surface area contributed by atoms with Gasteiger partial charge >= 0.3 is 0 Å². The molecule has 0 fully saturated rings.